The van der Waals surface area contributed by atoms with Gasteiger partial charge in [-0.05, 0) is 30.3 Å². The number of rotatable bonds is 7. The van der Waals surface area contributed by atoms with Gasteiger partial charge in [0.15, 0.2) is 0 Å². The van der Waals surface area contributed by atoms with E-state index in [4.69, 9.17) is 14.5 Å². The van der Waals surface area contributed by atoms with Crippen LogP contribution in [0.3, 0.4) is 0 Å². The Kier molecular flexibility index (Phi) is 6.31. The Bertz CT molecular complexity index is 1310. The number of hydrogen-bond donors (Lipinski definition) is 0. The van der Waals surface area contributed by atoms with E-state index in [-0.39, 0.29) is 5.91 Å². The highest BCUT2D eigenvalue weighted by Crippen LogP contribution is 2.29. The summed E-state index contributed by atoms with van der Waals surface area (Å²) in [5, 5.41) is 1.09. The molecule has 8 heteroatoms. The molecule has 0 radical (unpaired) electrons. The van der Waals surface area contributed by atoms with E-state index in [2.05, 4.69) is 34.1 Å². The van der Waals surface area contributed by atoms with Gasteiger partial charge in [0.05, 0.1) is 28.8 Å². The first-order valence-corrected chi connectivity index (χ1v) is 11.7. The Morgan fingerprint density at radius 3 is 2.68 bits per heavy atom. The van der Waals surface area contributed by atoms with E-state index < -0.39 is 0 Å². The minimum Gasteiger partial charge on any atom is -0.491 e. The fourth-order valence-corrected chi connectivity index (χ4v) is 4.44. The second-order valence-corrected chi connectivity index (χ2v) is 8.35. The second-order valence-electron chi connectivity index (χ2n) is 8.35. The van der Waals surface area contributed by atoms with Crippen LogP contribution in [0.2, 0.25) is 0 Å². The van der Waals surface area contributed by atoms with Crippen LogP contribution in [0.15, 0.2) is 54.9 Å². The fourth-order valence-electron chi connectivity index (χ4n) is 4.44. The Balaban J connectivity index is 1.44. The number of piperazine rings is 1. The number of benzene rings is 2. The summed E-state index contributed by atoms with van der Waals surface area (Å²) in [5.41, 5.74) is 3.87. The van der Waals surface area contributed by atoms with Crippen molar-refractivity contribution >= 4 is 33.5 Å². The highest BCUT2D eigenvalue weighted by Gasteiger charge is 2.22. The molecule has 2 aromatic carbocycles. The zero-order valence-electron chi connectivity index (χ0n) is 19.6. The van der Waals surface area contributed by atoms with Crippen molar-refractivity contribution in [1.29, 1.82) is 0 Å². The van der Waals surface area contributed by atoms with Gasteiger partial charge >= 0.3 is 0 Å². The number of nitrogens with zero attached hydrogens (tertiary/aromatic N) is 5. The number of carbonyl (C=O) groups is 1. The largest absolute Gasteiger partial charge is 0.491 e. The number of carbonyl (C=O) groups excluding carboxylic acids is 1. The average Bonchev–Trinajstić information content (AvgIpc) is 3.31. The fraction of sp³-hybridized carbons (Fsp3) is 0.346. The topological polar surface area (TPSA) is 72.7 Å². The molecule has 1 aliphatic heterocycles. The summed E-state index contributed by atoms with van der Waals surface area (Å²) in [7, 11) is 1.66. The van der Waals surface area contributed by atoms with Crippen molar-refractivity contribution in [1.82, 2.24) is 19.4 Å². The summed E-state index contributed by atoms with van der Waals surface area (Å²) in [6.07, 6.45) is 2.36. The molecule has 5 rings (SSSR count). The standard InChI is InChI=1S/C26H29N5O3/c1-3-25(32)30-13-11-29(12-14-30)23-6-4-5-19-7-10-24(28-26(19)23)31-18-27-21-17-20(8-9-22(21)31)34-16-15-33-2/h4-10,17-18H,3,11-16H2,1-2H3. The van der Waals surface area contributed by atoms with Crippen molar-refractivity contribution < 1.29 is 14.3 Å². The molecule has 0 bridgehead atoms. The number of aromatic nitrogens is 3. The maximum Gasteiger partial charge on any atom is 0.222 e. The summed E-state index contributed by atoms with van der Waals surface area (Å²) in [5.74, 6) is 1.80. The predicted molar refractivity (Wildman–Crippen MR) is 133 cm³/mol. The maximum absolute atomic E-state index is 12.1. The molecule has 1 fully saturated rings. The summed E-state index contributed by atoms with van der Waals surface area (Å²) < 4.78 is 12.8. The molecule has 1 aliphatic rings. The molecule has 0 spiro atoms. The van der Waals surface area contributed by atoms with Crippen LogP contribution in [0.4, 0.5) is 5.69 Å². The van der Waals surface area contributed by atoms with Crippen LogP contribution in [0.5, 0.6) is 5.75 Å². The molecule has 0 saturated carbocycles. The zero-order valence-corrected chi connectivity index (χ0v) is 19.6. The summed E-state index contributed by atoms with van der Waals surface area (Å²) in [6, 6.07) is 16.3. The van der Waals surface area contributed by atoms with Crippen molar-refractivity contribution in [3.8, 4) is 11.6 Å². The van der Waals surface area contributed by atoms with Crippen molar-refractivity contribution in [3.05, 3.63) is 54.9 Å². The van der Waals surface area contributed by atoms with Crippen LogP contribution in [0.1, 0.15) is 13.3 Å². The molecule has 176 valence electrons. The van der Waals surface area contributed by atoms with E-state index in [1.165, 1.54) is 0 Å². The van der Waals surface area contributed by atoms with E-state index in [9.17, 15) is 4.79 Å². The molecule has 34 heavy (non-hydrogen) atoms. The van der Waals surface area contributed by atoms with Gasteiger partial charge in [0.25, 0.3) is 0 Å². The van der Waals surface area contributed by atoms with Crippen LogP contribution in [0, 0.1) is 0 Å². The van der Waals surface area contributed by atoms with Crippen LogP contribution in [-0.2, 0) is 9.53 Å². The molecule has 1 amide bonds. The van der Waals surface area contributed by atoms with Crippen molar-refractivity contribution in [2.24, 2.45) is 0 Å². The van der Waals surface area contributed by atoms with Gasteiger partial charge in [-0.25, -0.2) is 9.97 Å². The van der Waals surface area contributed by atoms with Crippen LogP contribution in [-0.4, -0.2) is 71.8 Å². The number of methoxy groups -OCH3 is 1. The van der Waals surface area contributed by atoms with Crippen LogP contribution in [0.25, 0.3) is 27.8 Å². The lowest BCUT2D eigenvalue weighted by molar-refractivity contribution is -0.131. The molecule has 0 unspecified atom stereocenters. The number of para-hydroxylation sites is 1. The number of ether oxygens (including phenoxy) is 2. The molecule has 2 aromatic heterocycles. The van der Waals surface area contributed by atoms with Crippen LogP contribution < -0.4 is 9.64 Å². The lowest BCUT2D eigenvalue weighted by Gasteiger charge is -2.36. The first-order chi connectivity index (χ1) is 16.7. The Labute approximate surface area is 198 Å². The molecule has 0 atom stereocenters. The minimum absolute atomic E-state index is 0.220. The van der Waals surface area contributed by atoms with Gasteiger partial charge in [0.2, 0.25) is 5.91 Å². The SMILES string of the molecule is CCC(=O)N1CCN(c2cccc3ccc(-n4cnc5cc(OCCOC)ccc54)nc23)CC1. The predicted octanol–water partition coefficient (Wildman–Crippen LogP) is 3.66. The van der Waals surface area contributed by atoms with Crippen molar-refractivity contribution in [2.75, 3.05) is 51.4 Å². The third-order valence-electron chi connectivity index (χ3n) is 6.28. The minimum atomic E-state index is 0.220. The molecule has 1 saturated heterocycles. The number of pyridine rings is 1. The number of imidazole rings is 1. The van der Waals surface area contributed by atoms with E-state index in [0.717, 1.165) is 65.4 Å². The average molecular weight is 460 g/mol. The second kappa shape index (κ2) is 9.69. The molecule has 3 heterocycles. The van der Waals surface area contributed by atoms with Gasteiger partial charge in [0.1, 0.15) is 24.5 Å². The van der Waals surface area contributed by atoms with Gasteiger partial charge < -0.3 is 19.3 Å². The van der Waals surface area contributed by atoms with E-state index in [1.807, 2.05) is 40.7 Å². The highest BCUT2D eigenvalue weighted by atomic mass is 16.5. The number of hydrogen-bond acceptors (Lipinski definition) is 6. The quantitative estimate of drug-likeness (QED) is 0.393. The van der Waals surface area contributed by atoms with Gasteiger partial charge in [-0.3, -0.25) is 9.36 Å². The molecule has 4 aromatic rings. The molecule has 0 aliphatic carbocycles. The first kappa shape index (κ1) is 22.2. The maximum atomic E-state index is 12.1. The number of anilines is 1. The monoisotopic (exact) mass is 459 g/mol. The zero-order chi connectivity index (χ0) is 23.5. The lowest BCUT2D eigenvalue weighted by Crippen LogP contribution is -2.48. The van der Waals surface area contributed by atoms with Crippen molar-refractivity contribution in [3.63, 3.8) is 0 Å². The van der Waals surface area contributed by atoms with E-state index in [0.29, 0.717) is 19.6 Å². The molecular weight excluding hydrogens is 430 g/mol. The Morgan fingerprint density at radius 2 is 1.88 bits per heavy atom. The molecule has 8 nitrogen and oxygen atoms in total. The van der Waals surface area contributed by atoms with Gasteiger partial charge in [-0.2, -0.15) is 0 Å². The smallest absolute Gasteiger partial charge is 0.222 e. The third-order valence-corrected chi connectivity index (χ3v) is 6.28. The number of fused-ring (bicyclic) bond motifs is 2. The Hall–Kier alpha value is -3.65. The molecular formula is C26H29N5O3. The first-order valence-electron chi connectivity index (χ1n) is 11.7. The highest BCUT2D eigenvalue weighted by molar-refractivity contribution is 5.92. The van der Waals surface area contributed by atoms with Crippen LogP contribution >= 0.6 is 0 Å². The summed E-state index contributed by atoms with van der Waals surface area (Å²) in [6.45, 7) is 6.04. The van der Waals surface area contributed by atoms with Gasteiger partial charge in [-0.1, -0.05) is 19.1 Å². The van der Waals surface area contributed by atoms with E-state index in [1.54, 1.807) is 13.4 Å². The normalized spacial score (nSPS) is 14.2. The van der Waals surface area contributed by atoms with Crippen molar-refractivity contribution in [2.45, 2.75) is 13.3 Å². The molecule has 0 N–H and O–H groups in total. The third kappa shape index (κ3) is 4.28. The summed E-state index contributed by atoms with van der Waals surface area (Å²) in [4.78, 5) is 26.0. The lowest BCUT2D eigenvalue weighted by atomic mass is 10.1. The van der Waals surface area contributed by atoms with Gasteiger partial charge in [0, 0.05) is 51.2 Å². The van der Waals surface area contributed by atoms with Gasteiger partial charge in [-0.15, -0.1) is 0 Å². The number of amides is 1. The summed E-state index contributed by atoms with van der Waals surface area (Å²) >= 11 is 0. The Morgan fingerprint density at radius 1 is 1.03 bits per heavy atom. The van der Waals surface area contributed by atoms with E-state index >= 15 is 0 Å².